The third-order valence-corrected chi connectivity index (χ3v) is 3.73. The third kappa shape index (κ3) is 2.16. The van der Waals surface area contributed by atoms with Crippen LogP contribution in [-0.2, 0) is 4.79 Å². The van der Waals surface area contributed by atoms with Gasteiger partial charge in [0.05, 0.1) is 10.9 Å². The van der Waals surface area contributed by atoms with Gasteiger partial charge in [-0.3, -0.25) is 4.79 Å². The molecule has 3 nitrogen and oxygen atoms in total. The quantitative estimate of drug-likeness (QED) is 0.801. The van der Waals surface area contributed by atoms with Crippen LogP contribution in [0.5, 0.6) is 0 Å². The van der Waals surface area contributed by atoms with E-state index >= 15 is 0 Å². The summed E-state index contributed by atoms with van der Waals surface area (Å²) in [6.45, 7) is 2.56. The number of aryl methyl sites for hydroxylation is 1. The number of thioether (sulfide) groups is 1. The summed E-state index contributed by atoms with van der Waals surface area (Å²) in [5, 5.41) is 2.88. The second-order valence-corrected chi connectivity index (χ2v) is 4.92. The lowest BCUT2D eigenvalue weighted by Gasteiger charge is -2.23. The topological polar surface area (TPSA) is 55.1 Å². The fourth-order valence-corrected chi connectivity index (χ4v) is 2.72. The molecule has 1 aromatic carbocycles. The predicted octanol–water partition coefficient (Wildman–Crippen LogP) is 1.76. The van der Waals surface area contributed by atoms with Gasteiger partial charge >= 0.3 is 0 Å². The van der Waals surface area contributed by atoms with Crippen molar-refractivity contribution in [2.24, 2.45) is 5.73 Å². The molecule has 1 heterocycles. The summed E-state index contributed by atoms with van der Waals surface area (Å²) in [5.74, 6) is 0.0727. The van der Waals surface area contributed by atoms with Crippen LogP contribution in [-0.4, -0.2) is 17.7 Å². The summed E-state index contributed by atoms with van der Waals surface area (Å²) >= 11 is 1.61. The Balaban J connectivity index is 2.26. The minimum Gasteiger partial charge on any atom is -0.330 e. The highest BCUT2D eigenvalue weighted by atomic mass is 32.2. The molecule has 0 radical (unpaired) electrons. The van der Waals surface area contributed by atoms with Gasteiger partial charge in [0.15, 0.2) is 0 Å². The summed E-state index contributed by atoms with van der Waals surface area (Å²) in [6.07, 6.45) is 0.726. The number of carbonyl (C=O) groups excluding carboxylic acids is 1. The average Bonchev–Trinajstić information content (AvgIpc) is 2.20. The maximum atomic E-state index is 11.7. The standard InChI is InChI=1S/C11H14N2OS/c1-7-2-3-9-8(6-7)13-11(14)10(15-9)4-5-12/h2-3,6,10H,4-5,12H2,1H3,(H,13,14). The molecule has 80 valence electrons. The molecule has 0 fully saturated rings. The van der Waals surface area contributed by atoms with Gasteiger partial charge in [-0.25, -0.2) is 0 Å². The van der Waals surface area contributed by atoms with Gasteiger partial charge < -0.3 is 11.1 Å². The fourth-order valence-electron chi connectivity index (χ4n) is 1.61. The first kappa shape index (κ1) is 10.5. The second kappa shape index (κ2) is 4.24. The molecule has 15 heavy (non-hydrogen) atoms. The van der Waals surface area contributed by atoms with E-state index in [1.54, 1.807) is 11.8 Å². The van der Waals surface area contributed by atoms with Crippen LogP contribution in [0, 0.1) is 6.92 Å². The molecule has 0 saturated carbocycles. The van der Waals surface area contributed by atoms with Gasteiger partial charge in [-0.2, -0.15) is 0 Å². The largest absolute Gasteiger partial charge is 0.330 e. The van der Waals surface area contributed by atoms with Crippen molar-refractivity contribution in [3.8, 4) is 0 Å². The molecule has 0 bridgehead atoms. The van der Waals surface area contributed by atoms with E-state index in [0.29, 0.717) is 6.54 Å². The van der Waals surface area contributed by atoms with E-state index in [4.69, 9.17) is 5.73 Å². The summed E-state index contributed by atoms with van der Waals surface area (Å²) in [5.41, 5.74) is 7.56. The Hall–Kier alpha value is -1.000. The summed E-state index contributed by atoms with van der Waals surface area (Å²) in [6, 6.07) is 6.11. The zero-order valence-electron chi connectivity index (χ0n) is 8.62. The van der Waals surface area contributed by atoms with Crippen molar-refractivity contribution >= 4 is 23.4 Å². The van der Waals surface area contributed by atoms with E-state index in [1.165, 1.54) is 0 Å². The molecule has 1 aliphatic heterocycles. The van der Waals surface area contributed by atoms with Gasteiger partial charge in [0.2, 0.25) is 5.91 Å². The number of hydrogen-bond acceptors (Lipinski definition) is 3. The molecule has 0 aliphatic carbocycles. The normalized spacial score (nSPS) is 19.6. The van der Waals surface area contributed by atoms with Crippen LogP contribution >= 0.6 is 11.8 Å². The highest BCUT2D eigenvalue weighted by Crippen LogP contribution is 2.36. The van der Waals surface area contributed by atoms with Crippen molar-refractivity contribution in [3.63, 3.8) is 0 Å². The highest BCUT2D eigenvalue weighted by molar-refractivity contribution is 8.01. The zero-order valence-corrected chi connectivity index (χ0v) is 9.43. The molecule has 3 N–H and O–H groups in total. The number of benzene rings is 1. The lowest BCUT2D eigenvalue weighted by atomic mass is 10.2. The molecule has 0 aromatic heterocycles. The van der Waals surface area contributed by atoms with Gasteiger partial charge in [0.25, 0.3) is 0 Å². The van der Waals surface area contributed by atoms with Crippen molar-refractivity contribution in [2.45, 2.75) is 23.5 Å². The number of carbonyl (C=O) groups is 1. The Labute approximate surface area is 93.4 Å². The average molecular weight is 222 g/mol. The van der Waals surface area contributed by atoms with Crippen LogP contribution in [0.2, 0.25) is 0 Å². The van der Waals surface area contributed by atoms with E-state index in [9.17, 15) is 4.79 Å². The van der Waals surface area contributed by atoms with E-state index in [-0.39, 0.29) is 11.2 Å². The first-order valence-electron chi connectivity index (χ1n) is 4.99. The minimum absolute atomic E-state index is 0.0368. The van der Waals surface area contributed by atoms with Crippen molar-refractivity contribution in [1.29, 1.82) is 0 Å². The smallest absolute Gasteiger partial charge is 0.237 e. The molecule has 1 amide bonds. The van der Waals surface area contributed by atoms with Crippen molar-refractivity contribution < 1.29 is 4.79 Å². The minimum atomic E-state index is -0.0368. The molecule has 1 atom stereocenters. The lowest BCUT2D eigenvalue weighted by Crippen LogP contribution is -2.30. The number of hydrogen-bond donors (Lipinski definition) is 2. The maximum Gasteiger partial charge on any atom is 0.237 e. The Morgan fingerprint density at radius 3 is 3.07 bits per heavy atom. The van der Waals surface area contributed by atoms with Gasteiger partial charge in [-0.15, -0.1) is 11.8 Å². The summed E-state index contributed by atoms with van der Waals surface area (Å²) in [4.78, 5) is 12.8. The van der Waals surface area contributed by atoms with Crippen LogP contribution in [0.25, 0.3) is 0 Å². The molecule has 0 spiro atoms. The number of amides is 1. The highest BCUT2D eigenvalue weighted by Gasteiger charge is 2.25. The molecule has 0 saturated heterocycles. The predicted molar refractivity (Wildman–Crippen MR) is 63.1 cm³/mol. The molecular formula is C11H14N2OS. The van der Waals surface area contributed by atoms with Crippen LogP contribution in [0.15, 0.2) is 23.1 Å². The van der Waals surface area contributed by atoms with Crippen molar-refractivity contribution in [3.05, 3.63) is 23.8 Å². The van der Waals surface area contributed by atoms with Gasteiger partial charge in [0, 0.05) is 4.90 Å². The fraction of sp³-hybridized carbons (Fsp3) is 0.364. The Morgan fingerprint density at radius 2 is 2.33 bits per heavy atom. The van der Waals surface area contributed by atoms with Gasteiger partial charge in [0.1, 0.15) is 0 Å². The first-order chi connectivity index (χ1) is 7.20. The molecule has 2 rings (SSSR count). The third-order valence-electron chi connectivity index (χ3n) is 2.38. The van der Waals surface area contributed by atoms with E-state index < -0.39 is 0 Å². The number of anilines is 1. The number of nitrogens with two attached hydrogens (primary N) is 1. The molecular weight excluding hydrogens is 208 g/mol. The molecule has 1 unspecified atom stereocenters. The number of nitrogens with one attached hydrogen (secondary N) is 1. The summed E-state index contributed by atoms with van der Waals surface area (Å²) < 4.78 is 0. The van der Waals surface area contributed by atoms with Crippen molar-refractivity contribution in [2.75, 3.05) is 11.9 Å². The lowest BCUT2D eigenvalue weighted by molar-refractivity contribution is -0.115. The van der Waals surface area contributed by atoms with E-state index in [2.05, 4.69) is 17.4 Å². The number of rotatable bonds is 2. The van der Waals surface area contributed by atoms with E-state index in [1.807, 2.05) is 13.0 Å². The molecule has 1 aliphatic rings. The van der Waals surface area contributed by atoms with Crippen LogP contribution < -0.4 is 11.1 Å². The van der Waals surface area contributed by atoms with E-state index in [0.717, 1.165) is 22.6 Å². The molecule has 4 heteroatoms. The maximum absolute atomic E-state index is 11.7. The summed E-state index contributed by atoms with van der Waals surface area (Å²) in [7, 11) is 0. The van der Waals surface area contributed by atoms with Crippen LogP contribution in [0.4, 0.5) is 5.69 Å². The second-order valence-electron chi connectivity index (χ2n) is 3.67. The SMILES string of the molecule is Cc1ccc2c(c1)NC(=O)C(CCN)S2. The first-order valence-corrected chi connectivity index (χ1v) is 5.87. The van der Waals surface area contributed by atoms with Crippen LogP contribution in [0.3, 0.4) is 0 Å². The van der Waals surface area contributed by atoms with Gasteiger partial charge in [-0.05, 0) is 37.6 Å². The zero-order chi connectivity index (χ0) is 10.8. The number of fused-ring (bicyclic) bond motifs is 1. The Bertz CT molecular complexity index is 392. The van der Waals surface area contributed by atoms with Crippen molar-refractivity contribution in [1.82, 2.24) is 0 Å². The Kier molecular flexibility index (Phi) is 2.98. The monoisotopic (exact) mass is 222 g/mol. The Morgan fingerprint density at radius 1 is 1.53 bits per heavy atom. The molecule has 1 aromatic rings. The van der Waals surface area contributed by atoms with Crippen LogP contribution in [0.1, 0.15) is 12.0 Å². The van der Waals surface area contributed by atoms with Gasteiger partial charge in [-0.1, -0.05) is 6.07 Å².